The average Bonchev–Trinajstić information content (AvgIpc) is 2.35. The Morgan fingerprint density at radius 2 is 2.06 bits per heavy atom. The third-order valence-corrected chi connectivity index (χ3v) is 5.70. The van der Waals surface area contributed by atoms with Gasteiger partial charge >= 0.3 is 0 Å². The van der Waals surface area contributed by atoms with Gasteiger partial charge < -0.3 is 0 Å². The predicted molar refractivity (Wildman–Crippen MR) is 75.2 cm³/mol. The maximum absolute atomic E-state index is 6.15. The average molecular weight is 262 g/mol. The lowest BCUT2D eigenvalue weighted by Gasteiger charge is -2.67. The highest BCUT2D eigenvalue weighted by Crippen LogP contribution is 2.61. The molecule has 1 atom stereocenters. The first-order valence-corrected chi connectivity index (χ1v) is 7.57. The van der Waals surface area contributed by atoms with Gasteiger partial charge in [-0.2, -0.15) is 0 Å². The van der Waals surface area contributed by atoms with E-state index in [0.717, 1.165) is 10.9 Å². The Morgan fingerprint density at radius 3 is 2.72 bits per heavy atom. The lowest BCUT2D eigenvalue weighted by molar-refractivity contribution is -0.144. The van der Waals surface area contributed by atoms with E-state index in [2.05, 4.69) is 24.0 Å². The van der Waals surface area contributed by atoms with E-state index in [0.29, 0.717) is 11.5 Å². The largest absolute Gasteiger partial charge is 0.297 e. The minimum Gasteiger partial charge on any atom is -0.297 e. The summed E-state index contributed by atoms with van der Waals surface area (Å²) in [4.78, 5) is 2.78. The van der Waals surface area contributed by atoms with Crippen molar-refractivity contribution >= 4 is 11.6 Å². The summed E-state index contributed by atoms with van der Waals surface area (Å²) in [6, 6.07) is 6.47. The summed E-state index contributed by atoms with van der Waals surface area (Å²) in [6.07, 6.45) is 5.60. The molecule has 0 aromatic heterocycles. The van der Waals surface area contributed by atoms with Crippen molar-refractivity contribution < 1.29 is 0 Å². The van der Waals surface area contributed by atoms with Gasteiger partial charge in [-0.1, -0.05) is 24.6 Å². The third-order valence-electron chi connectivity index (χ3n) is 5.46. The molecule has 96 valence electrons. The highest BCUT2D eigenvalue weighted by Gasteiger charge is 2.59. The van der Waals surface area contributed by atoms with Gasteiger partial charge in [0.05, 0.1) is 0 Å². The Kier molecular flexibility index (Phi) is 2.35. The van der Waals surface area contributed by atoms with Crippen LogP contribution in [0.3, 0.4) is 0 Å². The molecule has 18 heavy (non-hydrogen) atoms. The molecule has 0 spiro atoms. The molecule has 0 saturated heterocycles. The summed E-state index contributed by atoms with van der Waals surface area (Å²) in [5.41, 5.74) is 3.61. The molecule has 0 N–H and O–H groups in total. The van der Waals surface area contributed by atoms with Crippen LogP contribution < -0.4 is 0 Å². The van der Waals surface area contributed by atoms with E-state index < -0.39 is 0 Å². The molecular weight excluding hydrogens is 242 g/mol. The smallest absolute Gasteiger partial charge is 0.0409 e. The van der Waals surface area contributed by atoms with Crippen LogP contribution in [0.15, 0.2) is 18.2 Å². The van der Waals surface area contributed by atoms with Gasteiger partial charge in [0.2, 0.25) is 0 Å². The van der Waals surface area contributed by atoms with E-state index in [1.54, 1.807) is 0 Å². The molecule has 3 saturated carbocycles. The molecule has 0 radical (unpaired) electrons. The van der Waals surface area contributed by atoms with Crippen molar-refractivity contribution in [3.8, 4) is 0 Å². The number of hydrogen-bond acceptors (Lipinski definition) is 1. The van der Waals surface area contributed by atoms with E-state index in [9.17, 15) is 0 Å². The molecule has 1 aromatic carbocycles. The Hall–Kier alpha value is -0.530. The van der Waals surface area contributed by atoms with E-state index in [1.165, 1.54) is 49.9 Å². The molecule has 4 aliphatic rings. The van der Waals surface area contributed by atoms with Crippen LogP contribution in [0.5, 0.6) is 0 Å². The molecule has 2 heteroatoms. The number of halogens is 1. The predicted octanol–water partition coefficient (Wildman–Crippen LogP) is 3.85. The Morgan fingerprint density at radius 1 is 1.28 bits per heavy atom. The summed E-state index contributed by atoms with van der Waals surface area (Å²) in [6.45, 7) is 4.82. The maximum Gasteiger partial charge on any atom is 0.0409 e. The van der Waals surface area contributed by atoms with Crippen LogP contribution in [0, 0.1) is 5.92 Å². The van der Waals surface area contributed by atoms with E-state index >= 15 is 0 Å². The van der Waals surface area contributed by atoms with Crippen LogP contribution >= 0.6 is 11.6 Å². The second-order valence-corrected chi connectivity index (χ2v) is 7.08. The standard InChI is InChI=1S/C16H20ClN/c1-11-10-18(16-7-12(8-16)9-16)5-4-13-2-3-14(17)6-15(11)13/h2-3,6,11-12H,4-5,7-10H2,1H3/t11-,12?,16?/m0/s1. The number of fused-ring (bicyclic) bond motifs is 1. The SMILES string of the molecule is C[C@H]1CN(C23CC(C2)C3)CCc2ccc(Cl)cc21. The van der Waals surface area contributed by atoms with E-state index in [-0.39, 0.29) is 0 Å². The van der Waals surface area contributed by atoms with E-state index in [4.69, 9.17) is 11.6 Å². The van der Waals surface area contributed by atoms with Gasteiger partial charge in [0.15, 0.2) is 0 Å². The molecular formula is C16H20ClN. The quantitative estimate of drug-likeness (QED) is 0.742. The molecule has 1 heterocycles. The lowest BCUT2D eigenvalue weighted by atomic mass is 9.49. The number of benzene rings is 1. The van der Waals surface area contributed by atoms with Crippen molar-refractivity contribution in [3.63, 3.8) is 0 Å². The van der Waals surface area contributed by atoms with E-state index in [1.807, 2.05) is 6.07 Å². The lowest BCUT2D eigenvalue weighted by Crippen LogP contribution is -2.68. The number of hydrogen-bond donors (Lipinski definition) is 0. The fourth-order valence-corrected chi connectivity index (χ4v) is 4.46. The molecule has 1 nitrogen and oxygen atoms in total. The van der Waals surface area contributed by atoms with Crippen LogP contribution in [0.25, 0.3) is 0 Å². The zero-order chi connectivity index (χ0) is 12.3. The van der Waals surface area contributed by atoms with Crippen LogP contribution in [-0.4, -0.2) is 23.5 Å². The molecule has 3 aliphatic carbocycles. The second kappa shape index (κ2) is 3.74. The van der Waals surface area contributed by atoms with Gasteiger partial charge in [-0.15, -0.1) is 0 Å². The van der Waals surface area contributed by atoms with Gasteiger partial charge in [0, 0.05) is 23.7 Å². The normalized spacial score (nSPS) is 38.3. The molecule has 1 aromatic rings. The second-order valence-electron chi connectivity index (χ2n) is 6.64. The van der Waals surface area contributed by atoms with Crippen molar-refractivity contribution in [1.82, 2.24) is 4.90 Å². The summed E-state index contributed by atoms with van der Waals surface area (Å²) in [7, 11) is 0. The minimum absolute atomic E-state index is 0.616. The zero-order valence-corrected chi connectivity index (χ0v) is 11.7. The fraction of sp³-hybridized carbons (Fsp3) is 0.625. The van der Waals surface area contributed by atoms with Crippen LogP contribution in [-0.2, 0) is 6.42 Å². The summed E-state index contributed by atoms with van der Waals surface area (Å²) in [5, 5.41) is 0.888. The maximum atomic E-state index is 6.15. The van der Waals surface area contributed by atoms with Gasteiger partial charge in [0.25, 0.3) is 0 Å². The van der Waals surface area contributed by atoms with Crippen molar-refractivity contribution in [2.45, 2.75) is 44.1 Å². The van der Waals surface area contributed by atoms with Crippen molar-refractivity contribution in [2.75, 3.05) is 13.1 Å². The highest BCUT2D eigenvalue weighted by molar-refractivity contribution is 6.30. The Balaban J connectivity index is 1.62. The summed E-state index contributed by atoms with van der Waals surface area (Å²) < 4.78 is 0. The third kappa shape index (κ3) is 1.50. The molecule has 0 amide bonds. The molecule has 5 rings (SSSR count). The van der Waals surface area contributed by atoms with Crippen LogP contribution in [0.4, 0.5) is 0 Å². The molecule has 2 bridgehead atoms. The molecule has 1 aliphatic heterocycles. The summed E-state index contributed by atoms with van der Waals surface area (Å²) in [5.74, 6) is 1.69. The van der Waals surface area contributed by atoms with Gasteiger partial charge in [-0.05, 0) is 60.8 Å². The zero-order valence-electron chi connectivity index (χ0n) is 11.0. The Labute approximate surface area is 114 Å². The molecule has 3 fully saturated rings. The van der Waals surface area contributed by atoms with Gasteiger partial charge in [-0.25, -0.2) is 0 Å². The van der Waals surface area contributed by atoms with Gasteiger partial charge in [-0.3, -0.25) is 4.90 Å². The number of rotatable bonds is 1. The van der Waals surface area contributed by atoms with Gasteiger partial charge in [0.1, 0.15) is 0 Å². The topological polar surface area (TPSA) is 3.24 Å². The van der Waals surface area contributed by atoms with Crippen molar-refractivity contribution in [2.24, 2.45) is 5.92 Å². The Bertz CT molecular complexity index is 479. The first-order valence-electron chi connectivity index (χ1n) is 7.20. The van der Waals surface area contributed by atoms with Crippen LogP contribution in [0.2, 0.25) is 5.02 Å². The molecule has 0 unspecified atom stereocenters. The van der Waals surface area contributed by atoms with Crippen molar-refractivity contribution in [1.29, 1.82) is 0 Å². The first-order chi connectivity index (χ1) is 8.66. The fourth-order valence-electron chi connectivity index (χ4n) is 4.28. The monoisotopic (exact) mass is 261 g/mol. The van der Waals surface area contributed by atoms with Crippen LogP contribution in [0.1, 0.15) is 43.2 Å². The highest BCUT2D eigenvalue weighted by atomic mass is 35.5. The number of nitrogens with zero attached hydrogens (tertiary/aromatic N) is 1. The minimum atomic E-state index is 0.616. The first kappa shape index (κ1) is 11.3. The summed E-state index contributed by atoms with van der Waals surface area (Å²) >= 11 is 6.15. The van der Waals surface area contributed by atoms with Crippen molar-refractivity contribution in [3.05, 3.63) is 34.3 Å².